The largest absolute Gasteiger partial charge is 0.317 e. The number of hydrogen-bond acceptors (Lipinski definition) is 2. The molecule has 0 aliphatic carbocycles. The molecule has 1 rings (SSSR count). The molecule has 2 nitrogen and oxygen atoms in total. The predicted octanol–water partition coefficient (Wildman–Crippen LogP) is 2.26. The maximum atomic E-state index is 4.11. The zero-order valence-corrected chi connectivity index (χ0v) is 9.16. The zero-order valence-electron chi connectivity index (χ0n) is 9.16. The van der Waals surface area contributed by atoms with Crippen molar-refractivity contribution in [2.24, 2.45) is 5.92 Å². The summed E-state index contributed by atoms with van der Waals surface area (Å²) in [5.74, 6) is 0.746. The fourth-order valence-electron chi connectivity index (χ4n) is 1.45. The molecule has 1 heterocycles. The van der Waals surface area contributed by atoms with Gasteiger partial charge >= 0.3 is 0 Å². The van der Waals surface area contributed by atoms with Gasteiger partial charge in [0.2, 0.25) is 0 Å². The highest BCUT2D eigenvalue weighted by atomic mass is 14.8. The first-order valence-electron chi connectivity index (χ1n) is 5.42. The van der Waals surface area contributed by atoms with E-state index in [0.717, 1.165) is 25.4 Å². The van der Waals surface area contributed by atoms with E-state index in [9.17, 15) is 0 Å². The van der Waals surface area contributed by atoms with E-state index in [0.29, 0.717) is 0 Å². The summed E-state index contributed by atoms with van der Waals surface area (Å²) in [5.41, 5.74) is 1.34. The summed E-state index contributed by atoms with van der Waals surface area (Å²) < 4.78 is 0. The smallest absolute Gasteiger partial charge is 0.0299 e. The molecule has 1 unspecified atom stereocenters. The number of aryl methyl sites for hydroxylation is 1. The van der Waals surface area contributed by atoms with Gasteiger partial charge in [-0.05, 0) is 43.5 Å². The minimum Gasteiger partial charge on any atom is -0.317 e. The minimum atomic E-state index is 0.746. The second-order valence-electron chi connectivity index (χ2n) is 3.81. The Bertz CT molecular complexity index is 233. The second kappa shape index (κ2) is 6.55. The fraction of sp³-hybridized carbons (Fsp3) is 0.583. The zero-order chi connectivity index (χ0) is 10.2. The van der Waals surface area contributed by atoms with Crippen LogP contribution in [-0.2, 0) is 6.42 Å². The summed E-state index contributed by atoms with van der Waals surface area (Å²) in [4.78, 5) is 4.11. The van der Waals surface area contributed by atoms with Crippen molar-refractivity contribution in [2.75, 3.05) is 13.1 Å². The highest BCUT2D eigenvalue weighted by Gasteiger charge is 2.01. The van der Waals surface area contributed by atoms with Crippen molar-refractivity contribution in [1.29, 1.82) is 0 Å². The molecule has 0 spiro atoms. The van der Waals surface area contributed by atoms with Crippen LogP contribution in [0.4, 0.5) is 0 Å². The molecule has 0 aliphatic rings. The van der Waals surface area contributed by atoms with Gasteiger partial charge in [0.1, 0.15) is 0 Å². The van der Waals surface area contributed by atoms with Crippen LogP contribution in [0.2, 0.25) is 0 Å². The van der Waals surface area contributed by atoms with Crippen LogP contribution in [0, 0.1) is 5.92 Å². The summed E-state index contributed by atoms with van der Waals surface area (Å²) >= 11 is 0. The Hall–Kier alpha value is -0.890. The van der Waals surface area contributed by atoms with Crippen LogP contribution in [0.5, 0.6) is 0 Å². The Morgan fingerprint density at radius 3 is 3.00 bits per heavy atom. The highest BCUT2D eigenvalue weighted by molar-refractivity contribution is 5.08. The monoisotopic (exact) mass is 192 g/mol. The highest BCUT2D eigenvalue weighted by Crippen LogP contribution is 2.07. The lowest BCUT2D eigenvalue weighted by atomic mass is 10.0. The molecule has 0 radical (unpaired) electrons. The molecule has 0 amide bonds. The topological polar surface area (TPSA) is 24.9 Å². The molecule has 1 N–H and O–H groups in total. The SMILES string of the molecule is CCNCC(C)CCc1cccnc1. The lowest BCUT2D eigenvalue weighted by molar-refractivity contribution is 0.489. The predicted molar refractivity (Wildman–Crippen MR) is 60.3 cm³/mol. The third-order valence-corrected chi connectivity index (χ3v) is 2.39. The number of rotatable bonds is 6. The van der Waals surface area contributed by atoms with Crippen molar-refractivity contribution >= 4 is 0 Å². The minimum absolute atomic E-state index is 0.746. The summed E-state index contributed by atoms with van der Waals surface area (Å²) in [6.45, 7) is 6.63. The van der Waals surface area contributed by atoms with E-state index in [1.807, 2.05) is 18.5 Å². The molecule has 0 saturated carbocycles. The Morgan fingerprint density at radius 2 is 2.36 bits per heavy atom. The van der Waals surface area contributed by atoms with Gasteiger partial charge in [-0.15, -0.1) is 0 Å². The standard InChI is InChI=1S/C12H20N2/c1-3-13-9-11(2)6-7-12-5-4-8-14-10-12/h4-5,8,10-11,13H,3,6-7,9H2,1-2H3. The van der Waals surface area contributed by atoms with Crippen molar-refractivity contribution in [1.82, 2.24) is 10.3 Å². The van der Waals surface area contributed by atoms with Crippen LogP contribution < -0.4 is 5.32 Å². The molecule has 0 fully saturated rings. The fourth-order valence-corrected chi connectivity index (χ4v) is 1.45. The lowest BCUT2D eigenvalue weighted by Gasteiger charge is -2.11. The quantitative estimate of drug-likeness (QED) is 0.748. The van der Waals surface area contributed by atoms with Crippen molar-refractivity contribution in [3.63, 3.8) is 0 Å². The summed E-state index contributed by atoms with van der Waals surface area (Å²) in [5, 5.41) is 3.37. The Kier molecular flexibility index (Phi) is 5.23. The van der Waals surface area contributed by atoms with Crippen LogP contribution in [0.3, 0.4) is 0 Å². The molecule has 1 atom stereocenters. The van der Waals surface area contributed by atoms with E-state index in [2.05, 4.69) is 30.2 Å². The van der Waals surface area contributed by atoms with E-state index in [1.54, 1.807) is 0 Å². The van der Waals surface area contributed by atoms with E-state index in [4.69, 9.17) is 0 Å². The molecule has 1 aromatic rings. The molecule has 1 aromatic heterocycles. The maximum absolute atomic E-state index is 4.11. The van der Waals surface area contributed by atoms with E-state index >= 15 is 0 Å². The Labute approximate surface area is 86.8 Å². The van der Waals surface area contributed by atoms with Gasteiger partial charge in [0.05, 0.1) is 0 Å². The maximum Gasteiger partial charge on any atom is 0.0299 e. The number of pyridine rings is 1. The van der Waals surface area contributed by atoms with Gasteiger partial charge in [0, 0.05) is 12.4 Å². The summed E-state index contributed by atoms with van der Waals surface area (Å²) in [7, 11) is 0. The number of nitrogens with one attached hydrogen (secondary N) is 1. The first-order chi connectivity index (χ1) is 6.83. The number of hydrogen-bond donors (Lipinski definition) is 1. The summed E-state index contributed by atoms with van der Waals surface area (Å²) in [6.07, 6.45) is 6.16. The van der Waals surface area contributed by atoms with Crippen molar-refractivity contribution < 1.29 is 0 Å². The number of nitrogens with zero attached hydrogens (tertiary/aromatic N) is 1. The third-order valence-electron chi connectivity index (χ3n) is 2.39. The van der Waals surface area contributed by atoms with Crippen LogP contribution in [0.15, 0.2) is 24.5 Å². The van der Waals surface area contributed by atoms with Gasteiger partial charge in [0.15, 0.2) is 0 Å². The van der Waals surface area contributed by atoms with Crippen molar-refractivity contribution in [3.8, 4) is 0 Å². The Morgan fingerprint density at radius 1 is 1.50 bits per heavy atom. The van der Waals surface area contributed by atoms with Gasteiger partial charge in [-0.2, -0.15) is 0 Å². The molecule has 2 heteroatoms. The molecule has 0 bridgehead atoms. The second-order valence-corrected chi connectivity index (χ2v) is 3.81. The molecule has 0 aliphatic heterocycles. The van der Waals surface area contributed by atoms with Gasteiger partial charge < -0.3 is 5.32 Å². The molecular weight excluding hydrogens is 172 g/mol. The van der Waals surface area contributed by atoms with Gasteiger partial charge in [-0.3, -0.25) is 4.98 Å². The van der Waals surface area contributed by atoms with Crippen LogP contribution in [0.1, 0.15) is 25.8 Å². The van der Waals surface area contributed by atoms with Crippen molar-refractivity contribution in [2.45, 2.75) is 26.7 Å². The average molecular weight is 192 g/mol. The van der Waals surface area contributed by atoms with Crippen LogP contribution >= 0.6 is 0 Å². The first kappa shape index (κ1) is 11.2. The van der Waals surface area contributed by atoms with E-state index in [1.165, 1.54) is 12.0 Å². The molecule has 78 valence electrons. The Balaban J connectivity index is 2.20. The number of aromatic nitrogens is 1. The van der Waals surface area contributed by atoms with Crippen LogP contribution in [-0.4, -0.2) is 18.1 Å². The normalized spacial score (nSPS) is 12.7. The third kappa shape index (κ3) is 4.38. The van der Waals surface area contributed by atoms with E-state index < -0.39 is 0 Å². The molecule has 14 heavy (non-hydrogen) atoms. The van der Waals surface area contributed by atoms with Gasteiger partial charge in [-0.1, -0.05) is 19.9 Å². The molecular formula is C12H20N2. The van der Waals surface area contributed by atoms with E-state index in [-0.39, 0.29) is 0 Å². The van der Waals surface area contributed by atoms with Gasteiger partial charge in [0.25, 0.3) is 0 Å². The molecule has 0 aromatic carbocycles. The summed E-state index contributed by atoms with van der Waals surface area (Å²) in [6, 6.07) is 4.15. The van der Waals surface area contributed by atoms with Crippen molar-refractivity contribution in [3.05, 3.63) is 30.1 Å². The lowest BCUT2D eigenvalue weighted by Crippen LogP contribution is -2.20. The van der Waals surface area contributed by atoms with Crippen LogP contribution in [0.25, 0.3) is 0 Å². The molecule has 0 saturated heterocycles. The first-order valence-corrected chi connectivity index (χ1v) is 5.42. The van der Waals surface area contributed by atoms with Gasteiger partial charge in [-0.25, -0.2) is 0 Å². The average Bonchev–Trinajstić information content (AvgIpc) is 2.25.